The van der Waals surface area contributed by atoms with Crippen LogP contribution < -0.4 is 0 Å². The minimum absolute atomic E-state index is 0.287. The first-order valence-corrected chi connectivity index (χ1v) is 5.17. The number of carboxylic acids is 1. The maximum absolute atomic E-state index is 10.5. The van der Waals surface area contributed by atoms with Crippen molar-refractivity contribution in [2.45, 2.75) is 47.5 Å². The second kappa shape index (κ2) is 5.18. The summed E-state index contributed by atoms with van der Waals surface area (Å²) in [6, 6.07) is 0. The Morgan fingerprint density at radius 2 is 1.93 bits per heavy atom. The number of hydrogen-bond acceptors (Lipinski definition) is 1. The van der Waals surface area contributed by atoms with Crippen molar-refractivity contribution in [1.29, 1.82) is 0 Å². The van der Waals surface area contributed by atoms with Gasteiger partial charge < -0.3 is 5.11 Å². The predicted molar refractivity (Wildman–Crippen MR) is 59.2 cm³/mol. The Hall–Kier alpha value is -0.790. The molecule has 1 N–H and O–H groups in total. The van der Waals surface area contributed by atoms with E-state index in [-0.39, 0.29) is 5.41 Å². The normalized spacial score (nSPS) is 13.4. The second-order valence-corrected chi connectivity index (χ2v) is 4.87. The second-order valence-electron chi connectivity index (χ2n) is 4.87. The van der Waals surface area contributed by atoms with Crippen LogP contribution in [0.1, 0.15) is 47.5 Å². The number of carboxylic acid groups (broad SMARTS) is 1. The third-order valence-corrected chi connectivity index (χ3v) is 3.14. The minimum atomic E-state index is -0.813. The number of hydrogen-bond donors (Lipinski definition) is 1. The highest BCUT2D eigenvalue weighted by Gasteiger charge is 2.20. The van der Waals surface area contributed by atoms with Crippen LogP contribution in [0, 0.1) is 11.3 Å². The van der Waals surface area contributed by atoms with Crippen LogP contribution in [0.15, 0.2) is 11.6 Å². The van der Waals surface area contributed by atoms with Gasteiger partial charge in [-0.2, -0.15) is 0 Å². The third-order valence-electron chi connectivity index (χ3n) is 3.14. The van der Waals surface area contributed by atoms with Crippen molar-refractivity contribution in [3.8, 4) is 0 Å². The maximum atomic E-state index is 10.5. The van der Waals surface area contributed by atoms with Crippen molar-refractivity contribution in [3.05, 3.63) is 11.6 Å². The zero-order chi connectivity index (χ0) is 11.4. The molecule has 0 heterocycles. The van der Waals surface area contributed by atoms with Crippen LogP contribution in [-0.4, -0.2) is 11.1 Å². The Balaban J connectivity index is 4.08. The lowest BCUT2D eigenvalue weighted by molar-refractivity contribution is -0.132. The predicted octanol–water partition coefficient (Wildman–Crippen LogP) is 3.48. The average Bonchev–Trinajstić information content (AvgIpc) is 2.03. The molecule has 0 saturated carbocycles. The van der Waals surface area contributed by atoms with Gasteiger partial charge in [0.05, 0.1) is 0 Å². The van der Waals surface area contributed by atoms with E-state index in [9.17, 15) is 4.79 Å². The number of rotatable bonds is 5. The molecule has 0 unspecified atom stereocenters. The van der Waals surface area contributed by atoms with Gasteiger partial charge in [-0.25, -0.2) is 4.79 Å². The van der Waals surface area contributed by atoms with Gasteiger partial charge in [0.2, 0.25) is 0 Å². The van der Waals surface area contributed by atoms with Gasteiger partial charge in [0.1, 0.15) is 0 Å². The van der Waals surface area contributed by atoms with E-state index >= 15 is 0 Å². The molecule has 0 aliphatic rings. The van der Waals surface area contributed by atoms with Gasteiger partial charge in [0.25, 0.3) is 0 Å². The Morgan fingerprint density at radius 3 is 2.29 bits per heavy atom. The molecule has 0 aromatic heterocycles. The summed E-state index contributed by atoms with van der Waals surface area (Å²) in [5.74, 6) is -0.187. The Labute approximate surface area is 87.0 Å². The van der Waals surface area contributed by atoms with Crippen LogP contribution in [0.3, 0.4) is 0 Å². The molecule has 0 amide bonds. The van der Waals surface area contributed by atoms with Crippen LogP contribution in [0.25, 0.3) is 0 Å². The lowest BCUT2D eigenvalue weighted by Crippen LogP contribution is -2.18. The van der Waals surface area contributed by atoms with E-state index in [1.807, 2.05) is 6.08 Å². The molecule has 14 heavy (non-hydrogen) atoms. The molecule has 0 aromatic carbocycles. The largest absolute Gasteiger partial charge is 0.478 e. The smallest absolute Gasteiger partial charge is 0.330 e. The van der Waals surface area contributed by atoms with E-state index in [0.717, 1.165) is 12.8 Å². The van der Waals surface area contributed by atoms with Gasteiger partial charge in [-0.15, -0.1) is 0 Å². The first-order valence-electron chi connectivity index (χ1n) is 5.17. The SMILES string of the molecule is CC(=CCCC(C)(C)C(C)C)C(=O)O. The van der Waals surface area contributed by atoms with Crippen molar-refractivity contribution in [2.24, 2.45) is 11.3 Å². The fourth-order valence-electron chi connectivity index (χ4n) is 1.04. The molecule has 0 aliphatic carbocycles. The lowest BCUT2D eigenvalue weighted by Gasteiger charge is -2.28. The standard InChI is InChI=1S/C12H22O2/c1-9(2)12(4,5)8-6-7-10(3)11(13)14/h7,9H,6,8H2,1-5H3,(H,13,14). The number of aliphatic carboxylic acids is 1. The Bertz CT molecular complexity index is 224. The van der Waals surface area contributed by atoms with Gasteiger partial charge >= 0.3 is 5.97 Å². The fourth-order valence-corrected chi connectivity index (χ4v) is 1.04. The molecule has 0 radical (unpaired) electrons. The highest BCUT2D eigenvalue weighted by Crippen LogP contribution is 2.31. The van der Waals surface area contributed by atoms with E-state index in [1.165, 1.54) is 0 Å². The third kappa shape index (κ3) is 4.45. The molecule has 0 saturated heterocycles. The highest BCUT2D eigenvalue weighted by molar-refractivity contribution is 5.85. The molecule has 0 rings (SSSR count). The van der Waals surface area contributed by atoms with E-state index in [2.05, 4.69) is 27.7 Å². The van der Waals surface area contributed by atoms with E-state index < -0.39 is 5.97 Å². The van der Waals surface area contributed by atoms with Crippen molar-refractivity contribution >= 4 is 5.97 Å². The zero-order valence-corrected chi connectivity index (χ0v) is 9.92. The molecule has 82 valence electrons. The molecule has 2 nitrogen and oxygen atoms in total. The summed E-state index contributed by atoms with van der Waals surface area (Å²) in [5.41, 5.74) is 0.736. The summed E-state index contributed by atoms with van der Waals surface area (Å²) >= 11 is 0. The van der Waals surface area contributed by atoms with Crippen molar-refractivity contribution in [1.82, 2.24) is 0 Å². The molecule has 2 heteroatoms. The summed E-state index contributed by atoms with van der Waals surface area (Å²) in [6.45, 7) is 10.5. The summed E-state index contributed by atoms with van der Waals surface area (Å²) in [7, 11) is 0. The topological polar surface area (TPSA) is 37.3 Å². The summed E-state index contributed by atoms with van der Waals surface area (Å²) in [5, 5.41) is 8.65. The molecule has 0 aromatic rings. The van der Waals surface area contributed by atoms with Crippen LogP contribution in [-0.2, 0) is 4.79 Å². The average molecular weight is 198 g/mol. The molecular formula is C12H22O2. The van der Waals surface area contributed by atoms with Gasteiger partial charge in [-0.3, -0.25) is 0 Å². The Morgan fingerprint density at radius 1 is 1.43 bits per heavy atom. The van der Waals surface area contributed by atoms with Crippen LogP contribution in [0.4, 0.5) is 0 Å². The molecule has 0 spiro atoms. The molecular weight excluding hydrogens is 176 g/mol. The van der Waals surface area contributed by atoms with Gasteiger partial charge in [-0.05, 0) is 31.1 Å². The zero-order valence-electron chi connectivity index (χ0n) is 9.92. The fraction of sp³-hybridized carbons (Fsp3) is 0.750. The summed E-state index contributed by atoms with van der Waals surface area (Å²) in [4.78, 5) is 10.5. The monoisotopic (exact) mass is 198 g/mol. The van der Waals surface area contributed by atoms with E-state index in [1.54, 1.807) is 6.92 Å². The van der Waals surface area contributed by atoms with E-state index in [4.69, 9.17) is 5.11 Å². The van der Waals surface area contributed by atoms with Gasteiger partial charge in [-0.1, -0.05) is 33.8 Å². The highest BCUT2D eigenvalue weighted by atomic mass is 16.4. The van der Waals surface area contributed by atoms with Crippen LogP contribution in [0.2, 0.25) is 0 Å². The Kier molecular flexibility index (Phi) is 4.89. The first kappa shape index (κ1) is 13.2. The quantitative estimate of drug-likeness (QED) is 0.687. The van der Waals surface area contributed by atoms with Crippen molar-refractivity contribution in [3.63, 3.8) is 0 Å². The molecule has 0 bridgehead atoms. The minimum Gasteiger partial charge on any atom is -0.478 e. The van der Waals surface area contributed by atoms with Crippen LogP contribution in [0.5, 0.6) is 0 Å². The maximum Gasteiger partial charge on any atom is 0.330 e. The molecule has 0 aliphatic heterocycles. The van der Waals surface area contributed by atoms with Crippen molar-refractivity contribution < 1.29 is 9.90 Å². The number of allylic oxidation sites excluding steroid dienone is 1. The summed E-state index contributed by atoms with van der Waals surface area (Å²) < 4.78 is 0. The van der Waals surface area contributed by atoms with Gasteiger partial charge in [0.15, 0.2) is 0 Å². The molecule has 0 atom stereocenters. The first-order chi connectivity index (χ1) is 6.27. The summed E-state index contributed by atoms with van der Waals surface area (Å²) in [6.07, 6.45) is 3.70. The van der Waals surface area contributed by atoms with Gasteiger partial charge in [0, 0.05) is 5.57 Å². The van der Waals surface area contributed by atoms with Crippen molar-refractivity contribution in [2.75, 3.05) is 0 Å². The number of carbonyl (C=O) groups is 1. The van der Waals surface area contributed by atoms with E-state index in [0.29, 0.717) is 11.5 Å². The lowest BCUT2D eigenvalue weighted by atomic mass is 9.77. The molecule has 0 fully saturated rings. The van der Waals surface area contributed by atoms with Crippen LogP contribution >= 0.6 is 0 Å².